The summed E-state index contributed by atoms with van der Waals surface area (Å²) < 4.78 is 16.2. The highest BCUT2D eigenvalue weighted by Crippen LogP contribution is 2.21. The fraction of sp³-hybridized carbons (Fsp3) is 0.846. The van der Waals surface area contributed by atoms with E-state index >= 15 is 0 Å². The molecule has 0 bridgehead atoms. The smallest absolute Gasteiger partial charge is 0.226 e. The molecule has 1 N–H and O–H groups in total. The molecule has 0 aromatic carbocycles. The number of nitrogens with one attached hydrogen (secondary N) is 1. The van der Waals surface area contributed by atoms with E-state index in [1.165, 1.54) is 12.8 Å². The van der Waals surface area contributed by atoms with Gasteiger partial charge in [-0.1, -0.05) is 5.16 Å². The van der Waals surface area contributed by atoms with Crippen molar-refractivity contribution in [1.29, 1.82) is 0 Å². The van der Waals surface area contributed by atoms with E-state index in [1.807, 2.05) is 0 Å². The van der Waals surface area contributed by atoms with Crippen LogP contribution in [0.25, 0.3) is 0 Å². The minimum Gasteiger partial charge on any atom is -0.376 e. The molecule has 6 nitrogen and oxygen atoms in total. The lowest BCUT2D eigenvalue weighted by Crippen LogP contribution is -2.27. The van der Waals surface area contributed by atoms with Crippen LogP contribution in [0.15, 0.2) is 4.52 Å². The van der Waals surface area contributed by atoms with Crippen molar-refractivity contribution in [3.8, 4) is 0 Å². The van der Waals surface area contributed by atoms with Crippen LogP contribution in [-0.2, 0) is 15.9 Å². The Labute approximate surface area is 112 Å². The molecule has 1 aromatic heterocycles. The lowest BCUT2D eigenvalue weighted by molar-refractivity contribution is -0.0941. The molecule has 2 aliphatic heterocycles. The van der Waals surface area contributed by atoms with E-state index in [9.17, 15) is 0 Å². The molecule has 0 spiro atoms. The minimum atomic E-state index is -0.162. The van der Waals surface area contributed by atoms with Gasteiger partial charge in [-0.2, -0.15) is 4.98 Å². The van der Waals surface area contributed by atoms with Crippen molar-refractivity contribution in [2.75, 3.05) is 32.9 Å². The zero-order valence-corrected chi connectivity index (χ0v) is 11.1. The first-order valence-electron chi connectivity index (χ1n) is 7.14. The summed E-state index contributed by atoms with van der Waals surface area (Å²) in [5.41, 5.74) is 0. The third kappa shape index (κ3) is 3.52. The van der Waals surface area contributed by atoms with Gasteiger partial charge >= 0.3 is 0 Å². The molecular formula is C13H21N3O3. The van der Waals surface area contributed by atoms with Crippen molar-refractivity contribution >= 4 is 0 Å². The van der Waals surface area contributed by atoms with Crippen LogP contribution in [-0.4, -0.2) is 43.1 Å². The van der Waals surface area contributed by atoms with Crippen LogP contribution in [0, 0.1) is 5.92 Å². The number of hydrogen-bond acceptors (Lipinski definition) is 6. The summed E-state index contributed by atoms with van der Waals surface area (Å²) in [4.78, 5) is 4.42. The second kappa shape index (κ2) is 6.45. The third-order valence-corrected chi connectivity index (χ3v) is 3.81. The van der Waals surface area contributed by atoms with Gasteiger partial charge in [-0.25, -0.2) is 0 Å². The van der Waals surface area contributed by atoms with Crippen molar-refractivity contribution < 1.29 is 14.0 Å². The van der Waals surface area contributed by atoms with Crippen molar-refractivity contribution in [2.24, 2.45) is 5.92 Å². The predicted octanol–water partition coefficient (Wildman–Crippen LogP) is 1.09. The Hall–Kier alpha value is -0.980. The molecule has 3 heterocycles. The van der Waals surface area contributed by atoms with Crippen molar-refractivity contribution in [3.05, 3.63) is 11.7 Å². The first-order chi connectivity index (χ1) is 9.42. The largest absolute Gasteiger partial charge is 0.376 e. The van der Waals surface area contributed by atoms with Crippen LogP contribution in [0.4, 0.5) is 0 Å². The van der Waals surface area contributed by atoms with Gasteiger partial charge in [0.05, 0.1) is 19.8 Å². The lowest BCUT2D eigenvalue weighted by atomic mass is 9.93. The summed E-state index contributed by atoms with van der Waals surface area (Å²) >= 11 is 0. The van der Waals surface area contributed by atoms with Crippen LogP contribution in [0.2, 0.25) is 0 Å². The van der Waals surface area contributed by atoms with E-state index in [1.54, 1.807) is 0 Å². The average Bonchev–Trinajstić information content (AvgIpc) is 2.96. The lowest BCUT2D eigenvalue weighted by Gasteiger charge is -2.21. The van der Waals surface area contributed by atoms with Crippen molar-refractivity contribution in [3.63, 3.8) is 0 Å². The van der Waals surface area contributed by atoms with Gasteiger partial charge in [-0.05, 0) is 38.3 Å². The zero-order valence-electron chi connectivity index (χ0n) is 11.1. The van der Waals surface area contributed by atoms with Gasteiger partial charge in [0, 0.05) is 6.42 Å². The molecule has 1 atom stereocenters. The molecule has 1 aromatic rings. The molecule has 0 saturated carbocycles. The second-order valence-electron chi connectivity index (χ2n) is 5.21. The second-order valence-corrected chi connectivity index (χ2v) is 5.21. The van der Waals surface area contributed by atoms with Gasteiger partial charge in [-0.15, -0.1) is 0 Å². The van der Waals surface area contributed by atoms with Crippen LogP contribution in [0.3, 0.4) is 0 Å². The molecule has 3 rings (SSSR count). The first-order valence-corrected chi connectivity index (χ1v) is 7.14. The highest BCUT2D eigenvalue weighted by Gasteiger charge is 2.22. The normalized spacial score (nSPS) is 25.6. The first kappa shape index (κ1) is 13.0. The van der Waals surface area contributed by atoms with Gasteiger partial charge in [0.2, 0.25) is 11.7 Å². The van der Waals surface area contributed by atoms with Gasteiger partial charge in [0.15, 0.2) is 0 Å². The maximum Gasteiger partial charge on any atom is 0.226 e. The molecule has 1 unspecified atom stereocenters. The molecule has 2 aliphatic rings. The van der Waals surface area contributed by atoms with Gasteiger partial charge in [0.25, 0.3) is 0 Å². The summed E-state index contributed by atoms with van der Waals surface area (Å²) in [6.07, 6.45) is 4.34. The Kier molecular flexibility index (Phi) is 4.42. The Balaban J connectivity index is 1.49. The topological polar surface area (TPSA) is 69.4 Å². The Morgan fingerprint density at radius 1 is 1.21 bits per heavy atom. The number of aromatic nitrogens is 2. The predicted molar refractivity (Wildman–Crippen MR) is 67.7 cm³/mol. The Morgan fingerprint density at radius 2 is 2.11 bits per heavy atom. The summed E-state index contributed by atoms with van der Waals surface area (Å²) in [5, 5.41) is 7.38. The van der Waals surface area contributed by atoms with E-state index in [0.29, 0.717) is 25.6 Å². The van der Waals surface area contributed by atoms with Crippen LogP contribution < -0.4 is 5.32 Å². The fourth-order valence-corrected chi connectivity index (χ4v) is 2.64. The minimum absolute atomic E-state index is 0.162. The molecule has 6 heteroatoms. The Morgan fingerprint density at radius 3 is 2.89 bits per heavy atom. The van der Waals surface area contributed by atoms with E-state index in [-0.39, 0.29) is 6.10 Å². The maximum absolute atomic E-state index is 5.55. The molecule has 106 valence electrons. The van der Waals surface area contributed by atoms with Gasteiger partial charge < -0.3 is 19.3 Å². The summed E-state index contributed by atoms with van der Waals surface area (Å²) in [5.74, 6) is 2.13. The van der Waals surface area contributed by atoms with E-state index in [4.69, 9.17) is 14.0 Å². The van der Waals surface area contributed by atoms with Crippen LogP contribution in [0.1, 0.15) is 37.1 Å². The molecule has 2 saturated heterocycles. The molecule has 19 heavy (non-hydrogen) atoms. The zero-order chi connectivity index (χ0) is 12.9. The summed E-state index contributed by atoms with van der Waals surface area (Å²) in [6.45, 7) is 4.04. The molecule has 0 aliphatic carbocycles. The van der Waals surface area contributed by atoms with Gasteiger partial charge in [-0.3, -0.25) is 0 Å². The molecule has 0 amide bonds. The Bertz CT molecular complexity index is 384. The third-order valence-electron chi connectivity index (χ3n) is 3.81. The molecule has 0 radical (unpaired) electrons. The number of hydrogen-bond donors (Lipinski definition) is 1. The number of piperidine rings is 1. The maximum atomic E-state index is 5.55. The summed E-state index contributed by atoms with van der Waals surface area (Å²) in [6, 6.07) is 0. The molecule has 2 fully saturated rings. The highest BCUT2D eigenvalue weighted by molar-refractivity contribution is 4.92. The molecular weight excluding hydrogens is 246 g/mol. The van der Waals surface area contributed by atoms with E-state index in [0.717, 1.165) is 37.7 Å². The van der Waals surface area contributed by atoms with Crippen molar-refractivity contribution in [1.82, 2.24) is 15.5 Å². The van der Waals surface area contributed by atoms with Crippen molar-refractivity contribution in [2.45, 2.75) is 31.8 Å². The number of nitrogens with zero attached hydrogens (tertiary/aromatic N) is 2. The van der Waals surface area contributed by atoms with E-state index in [2.05, 4.69) is 15.5 Å². The van der Waals surface area contributed by atoms with E-state index < -0.39 is 0 Å². The number of rotatable bonds is 4. The monoisotopic (exact) mass is 267 g/mol. The SMILES string of the molecule is C1CC(CCc2nc(C3COCCO3)no2)CCN1. The number of aryl methyl sites for hydroxylation is 1. The quantitative estimate of drug-likeness (QED) is 0.880. The fourth-order valence-electron chi connectivity index (χ4n) is 2.64. The summed E-state index contributed by atoms with van der Waals surface area (Å²) in [7, 11) is 0. The standard InChI is InChI=1S/C13H21N3O3/c1(10-3-5-14-6-4-10)2-12-15-13(16-19-12)11-9-17-7-8-18-11/h10-11,14H,1-9H2. The van der Waals surface area contributed by atoms with Gasteiger partial charge in [0.1, 0.15) is 6.10 Å². The average molecular weight is 267 g/mol. The van der Waals surface area contributed by atoms with Crippen LogP contribution >= 0.6 is 0 Å². The number of ether oxygens (including phenoxy) is 2. The highest BCUT2D eigenvalue weighted by atomic mass is 16.6. The van der Waals surface area contributed by atoms with Crippen LogP contribution in [0.5, 0.6) is 0 Å².